The molecule has 0 saturated carbocycles. The van der Waals surface area contributed by atoms with E-state index in [9.17, 15) is 14.7 Å². The van der Waals surface area contributed by atoms with Gasteiger partial charge in [0.05, 0.1) is 38.0 Å². The topological polar surface area (TPSA) is 85.3 Å². The summed E-state index contributed by atoms with van der Waals surface area (Å²) in [7, 11) is 3.08. The number of aryl methyl sites for hydroxylation is 1. The van der Waals surface area contributed by atoms with Crippen LogP contribution < -0.4 is 14.2 Å². The molecule has 3 aromatic rings. The molecule has 36 heavy (non-hydrogen) atoms. The van der Waals surface area contributed by atoms with Crippen LogP contribution >= 0.6 is 0 Å². The number of carbonyl (C=O) groups excluding carboxylic acids is 2. The van der Waals surface area contributed by atoms with Crippen LogP contribution in [0.15, 0.2) is 72.3 Å². The predicted molar refractivity (Wildman–Crippen MR) is 136 cm³/mol. The van der Waals surface area contributed by atoms with Gasteiger partial charge in [-0.1, -0.05) is 35.9 Å². The summed E-state index contributed by atoms with van der Waals surface area (Å²) in [5, 5.41) is 11.4. The molecule has 0 radical (unpaired) electrons. The summed E-state index contributed by atoms with van der Waals surface area (Å²) in [5.41, 5.74) is 2.75. The minimum atomic E-state index is -0.798. The second-order valence-electron chi connectivity index (χ2n) is 8.48. The van der Waals surface area contributed by atoms with E-state index in [1.807, 2.05) is 44.2 Å². The highest BCUT2D eigenvalue weighted by Gasteiger charge is 2.46. The zero-order chi connectivity index (χ0) is 25.8. The molecule has 1 amide bonds. The number of aliphatic hydroxyl groups is 1. The standard InChI is InChI=1S/C29H29NO6/c1-5-36-22-13-9-20(10-14-22)26-25(27(31)23-16-18(2)6-15-24(23)35-4)28(32)29(33)30(26)17-19-7-11-21(34-3)12-8-19/h6-16,26,31H,5,17H2,1-4H3/b27-25+. The number of carbonyl (C=O) groups is 2. The normalized spacial score (nSPS) is 16.8. The zero-order valence-electron chi connectivity index (χ0n) is 20.8. The number of methoxy groups -OCH3 is 2. The number of hydrogen-bond acceptors (Lipinski definition) is 6. The molecule has 1 unspecified atom stereocenters. The van der Waals surface area contributed by atoms with E-state index in [4.69, 9.17) is 14.2 Å². The number of ketones is 1. The van der Waals surface area contributed by atoms with Gasteiger partial charge in [-0.05, 0) is 61.4 Å². The van der Waals surface area contributed by atoms with Crippen LogP contribution in [0.3, 0.4) is 0 Å². The van der Waals surface area contributed by atoms with Gasteiger partial charge in [-0.2, -0.15) is 0 Å². The molecule has 3 aromatic carbocycles. The molecule has 4 rings (SSSR count). The number of amides is 1. The van der Waals surface area contributed by atoms with Gasteiger partial charge in [0.2, 0.25) is 0 Å². The molecule has 0 aliphatic carbocycles. The van der Waals surface area contributed by atoms with Crippen LogP contribution in [0.4, 0.5) is 0 Å². The van der Waals surface area contributed by atoms with Gasteiger partial charge in [0.25, 0.3) is 11.7 Å². The van der Waals surface area contributed by atoms with Crippen LogP contribution in [0.2, 0.25) is 0 Å². The Morgan fingerprint density at radius 2 is 1.58 bits per heavy atom. The van der Waals surface area contributed by atoms with Crippen molar-refractivity contribution in [3.8, 4) is 17.2 Å². The maximum atomic E-state index is 13.4. The first kappa shape index (κ1) is 24.9. The molecule has 0 spiro atoms. The maximum Gasteiger partial charge on any atom is 0.295 e. The van der Waals surface area contributed by atoms with Gasteiger partial charge in [0, 0.05) is 6.54 Å². The van der Waals surface area contributed by atoms with Gasteiger partial charge in [-0.25, -0.2) is 0 Å². The van der Waals surface area contributed by atoms with Gasteiger partial charge < -0.3 is 24.2 Å². The molecule has 0 aromatic heterocycles. The summed E-state index contributed by atoms with van der Waals surface area (Å²) >= 11 is 0. The fraction of sp³-hybridized carbons (Fsp3) is 0.241. The Bertz CT molecular complexity index is 1290. The van der Waals surface area contributed by atoms with Crippen LogP contribution in [-0.4, -0.2) is 42.5 Å². The number of ether oxygens (including phenoxy) is 3. The Kier molecular flexibility index (Phi) is 7.29. The van der Waals surface area contributed by atoms with Crippen LogP contribution in [-0.2, 0) is 16.1 Å². The molecular formula is C29H29NO6. The molecule has 1 fully saturated rings. The lowest BCUT2D eigenvalue weighted by Gasteiger charge is -2.26. The monoisotopic (exact) mass is 487 g/mol. The van der Waals surface area contributed by atoms with Crippen molar-refractivity contribution in [2.75, 3.05) is 20.8 Å². The van der Waals surface area contributed by atoms with Crippen molar-refractivity contribution in [1.82, 2.24) is 4.90 Å². The molecule has 0 bridgehead atoms. The van der Waals surface area contributed by atoms with Crippen molar-refractivity contribution < 1.29 is 28.9 Å². The van der Waals surface area contributed by atoms with Crippen LogP contribution in [0.1, 0.15) is 35.2 Å². The molecule has 1 aliphatic rings. The van der Waals surface area contributed by atoms with Crippen LogP contribution in [0, 0.1) is 6.92 Å². The van der Waals surface area contributed by atoms with Gasteiger partial charge in [0.1, 0.15) is 23.0 Å². The van der Waals surface area contributed by atoms with E-state index in [1.54, 1.807) is 43.5 Å². The molecule has 1 N–H and O–H groups in total. The Morgan fingerprint density at radius 1 is 0.917 bits per heavy atom. The third-order valence-electron chi connectivity index (χ3n) is 6.17. The fourth-order valence-corrected chi connectivity index (χ4v) is 4.38. The zero-order valence-corrected chi connectivity index (χ0v) is 20.8. The molecule has 1 atom stereocenters. The highest BCUT2D eigenvalue weighted by Crippen LogP contribution is 2.42. The van der Waals surface area contributed by atoms with Crippen LogP contribution in [0.5, 0.6) is 17.2 Å². The third-order valence-corrected chi connectivity index (χ3v) is 6.17. The fourth-order valence-electron chi connectivity index (χ4n) is 4.38. The Morgan fingerprint density at radius 3 is 2.19 bits per heavy atom. The molecule has 7 nitrogen and oxygen atoms in total. The number of nitrogens with zero attached hydrogens (tertiary/aromatic N) is 1. The van der Waals surface area contributed by atoms with E-state index in [2.05, 4.69) is 0 Å². The van der Waals surface area contributed by atoms with E-state index < -0.39 is 17.7 Å². The molecule has 1 heterocycles. The summed E-state index contributed by atoms with van der Waals surface area (Å²) in [6.07, 6.45) is 0. The SMILES string of the molecule is CCOc1ccc(C2/C(=C(\O)c3cc(C)ccc3OC)C(=O)C(=O)N2Cc2ccc(OC)cc2)cc1. The van der Waals surface area contributed by atoms with Crippen molar-refractivity contribution in [3.63, 3.8) is 0 Å². The number of rotatable bonds is 8. The molecular weight excluding hydrogens is 458 g/mol. The van der Waals surface area contributed by atoms with E-state index in [0.29, 0.717) is 35.0 Å². The van der Waals surface area contributed by atoms with E-state index in [1.165, 1.54) is 12.0 Å². The molecule has 1 aliphatic heterocycles. The summed E-state index contributed by atoms with van der Waals surface area (Å²) in [6.45, 7) is 4.46. The summed E-state index contributed by atoms with van der Waals surface area (Å²) in [5.74, 6) is 0.0698. The lowest BCUT2D eigenvalue weighted by atomic mass is 9.94. The highest BCUT2D eigenvalue weighted by atomic mass is 16.5. The van der Waals surface area contributed by atoms with Gasteiger partial charge in [-0.3, -0.25) is 9.59 Å². The molecule has 186 valence electrons. The van der Waals surface area contributed by atoms with Crippen molar-refractivity contribution in [1.29, 1.82) is 0 Å². The van der Waals surface area contributed by atoms with Crippen molar-refractivity contribution in [2.24, 2.45) is 0 Å². The first-order valence-corrected chi connectivity index (χ1v) is 11.7. The average Bonchev–Trinajstić information content (AvgIpc) is 3.14. The number of benzene rings is 3. The first-order chi connectivity index (χ1) is 17.4. The van der Waals surface area contributed by atoms with Crippen LogP contribution in [0.25, 0.3) is 5.76 Å². The van der Waals surface area contributed by atoms with Gasteiger partial charge in [-0.15, -0.1) is 0 Å². The molecule has 7 heteroatoms. The Balaban J connectivity index is 1.85. The van der Waals surface area contributed by atoms with Crippen molar-refractivity contribution in [2.45, 2.75) is 26.4 Å². The predicted octanol–water partition coefficient (Wildman–Crippen LogP) is 5.03. The smallest absolute Gasteiger partial charge is 0.295 e. The Hall–Kier alpha value is -4.26. The first-order valence-electron chi connectivity index (χ1n) is 11.7. The second kappa shape index (κ2) is 10.6. The van der Waals surface area contributed by atoms with E-state index in [0.717, 1.165) is 11.1 Å². The number of Topliss-reactive ketones (excluding diaryl/α,β-unsaturated/α-hetero) is 1. The summed E-state index contributed by atoms with van der Waals surface area (Å²) in [4.78, 5) is 28.1. The van der Waals surface area contributed by atoms with Gasteiger partial charge >= 0.3 is 0 Å². The number of hydrogen-bond donors (Lipinski definition) is 1. The second-order valence-corrected chi connectivity index (χ2v) is 8.48. The quantitative estimate of drug-likeness (QED) is 0.272. The number of likely N-dealkylation sites (tertiary alicyclic amines) is 1. The average molecular weight is 488 g/mol. The minimum absolute atomic E-state index is 0.0153. The number of aliphatic hydroxyl groups excluding tert-OH is 1. The van der Waals surface area contributed by atoms with Gasteiger partial charge in [0.15, 0.2) is 0 Å². The van der Waals surface area contributed by atoms with Crippen molar-refractivity contribution in [3.05, 3.63) is 94.6 Å². The maximum absolute atomic E-state index is 13.4. The summed E-state index contributed by atoms with van der Waals surface area (Å²) in [6, 6.07) is 19.0. The molecule has 1 saturated heterocycles. The van der Waals surface area contributed by atoms with E-state index in [-0.39, 0.29) is 17.9 Å². The summed E-state index contributed by atoms with van der Waals surface area (Å²) < 4.78 is 16.2. The Labute approximate surface area is 210 Å². The van der Waals surface area contributed by atoms with Crippen molar-refractivity contribution >= 4 is 17.4 Å². The largest absolute Gasteiger partial charge is 0.507 e. The minimum Gasteiger partial charge on any atom is -0.507 e. The highest BCUT2D eigenvalue weighted by molar-refractivity contribution is 6.46. The third kappa shape index (κ3) is 4.77. The lowest BCUT2D eigenvalue weighted by Crippen LogP contribution is -2.29. The van der Waals surface area contributed by atoms with E-state index >= 15 is 0 Å². The lowest BCUT2D eigenvalue weighted by molar-refractivity contribution is -0.140.